The zero-order valence-corrected chi connectivity index (χ0v) is 7.07. The minimum absolute atomic E-state index is 0.364. The molecule has 0 aromatic heterocycles. The van der Waals surface area contributed by atoms with E-state index < -0.39 is 0 Å². The third-order valence-corrected chi connectivity index (χ3v) is 0.829. The molecule has 0 rings (SSSR count). The quantitative estimate of drug-likeness (QED) is 0.348. The summed E-state index contributed by atoms with van der Waals surface area (Å²) >= 11 is 0. The van der Waals surface area contributed by atoms with Gasteiger partial charge in [0.15, 0.2) is 0 Å². The van der Waals surface area contributed by atoms with Crippen LogP contribution in [0.2, 0.25) is 0 Å². The smallest absolute Gasteiger partial charge is 0.337 e. The van der Waals surface area contributed by atoms with Gasteiger partial charge in [-0.15, -0.1) is 0 Å². The van der Waals surface area contributed by atoms with Gasteiger partial charge in [-0.1, -0.05) is 6.08 Å². The topological polar surface area (TPSA) is 29.5 Å². The first-order chi connectivity index (χ1) is 5.16. The molecule has 0 heterocycles. The first-order valence-corrected chi connectivity index (χ1v) is 3.33. The van der Waals surface area contributed by atoms with Crippen molar-refractivity contribution in [3.05, 3.63) is 24.6 Å². The van der Waals surface area contributed by atoms with Gasteiger partial charge in [0.2, 0.25) is 0 Å². The largest absolute Gasteiger partial charge is 0.432 e. The van der Waals surface area contributed by atoms with Crippen LogP contribution < -0.4 is 0 Å². The predicted molar refractivity (Wildman–Crippen MR) is 43.7 cm³/mol. The van der Waals surface area contributed by atoms with Crippen molar-refractivity contribution >= 4 is 5.97 Å². The summed E-state index contributed by atoms with van der Waals surface area (Å²) in [6.45, 7) is 1.78. The standard InChI is InChI=1S/C8H13NO2/c1-4-7-11-8(10)5-6-9(2)3/h4-7H,1-3H3/b6-5+,7-4?. The molecule has 0 unspecified atom stereocenters. The Balaban J connectivity index is 3.69. The van der Waals surface area contributed by atoms with E-state index in [0.29, 0.717) is 0 Å². The Morgan fingerprint density at radius 3 is 2.55 bits per heavy atom. The first-order valence-electron chi connectivity index (χ1n) is 3.33. The van der Waals surface area contributed by atoms with Crippen LogP contribution in [0, 0.1) is 0 Å². The monoisotopic (exact) mass is 155 g/mol. The molecule has 0 N–H and O–H groups in total. The van der Waals surface area contributed by atoms with Crippen molar-refractivity contribution in [3.63, 3.8) is 0 Å². The van der Waals surface area contributed by atoms with Gasteiger partial charge in [0, 0.05) is 26.4 Å². The number of esters is 1. The van der Waals surface area contributed by atoms with Crippen LogP contribution in [0.3, 0.4) is 0 Å². The Kier molecular flexibility index (Phi) is 4.90. The number of rotatable bonds is 3. The SMILES string of the molecule is CC=COC(=O)/C=C/N(C)C. The molecule has 0 saturated heterocycles. The molecular formula is C8H13NO2. The minimum atomic E-state index is -0.364. The lowest BCUT2D eigenvalue weighted by atomic mass is 10.6. The van der Waals surface area contributed by atoms with Crippen LogP contribution in [0.15, 0.2) is 24.6 Å². The number of nitrogens with zero attached hydrogens (tertiary/aromatic N) is 1. The molecule has 0 spiro atoms. The molecule has 0 atom stereocenters. The van der Waals surface area contributed by atoms with E-state index in [0.717, 1.165) is 0 Å². The van der Waals surface area contributed by atoms with Gasteiger partial charge in [0.25, 0.3) is 0 Å². The summed E-state index contributed by atoms with van der Waals surface area (Å²) in [5, 5.41) is 0. The van der Waals surface area contributed by atoms with E-state index in [9.17, 15) is 4.79 Å². The highest BCUT2D eigenvalue weighted by molar-refractivity contribution is 5.82. The lowest BCUT2D eigenvalue weighted by Gasteiger charge is -2.01. The van der Waals surface area contributed by atoms with Crippen LogP contribution in [0.4, 0.5) is 0 Å². The summed E-state index contributed by atoms with van der Waals surface area (Å²) in [6, 6.07) is 0. The summed E-state index contributed by atoms with van der Waals surface area (Å²) < 4.78 is 4.61. The van der Waals surface area contributed by atoms with Crippen molar-refractivity contribution in [3.8, 4) is 0 Å². The van der Waals surface area contributed by atoms with Crippen LogP contribution in [-0.2, 0) is 9.53 Å². The van der Waals surface area contributed by atoms with Crippen molar-refractivity contribution in [1.82, 2.24) is 4.90 Å². The zero-order chi connectivity index (χ0) is 8.69. The highest BCUT2D eigenvalue weighted by Crippen LogP contribution is 1.84. The van der Waals surface area contributed by atoms with Gasteiger partial charge in [0.05, 0.1) is 6.26 Å². The normalized spacial score (nSPS) is 10.8. The molecule has 0 aliphatic rings. The third-order valence-electron chi connectivity index (χ3n) is 0.829. The molecule has 0 saturated carbocycles. The van der Waals surface area contributed by atoms with Crippen LogP contribution in [0.5, 0.6) is 0 Å². The second-order valence-corrected chi connectivity index (χ2v) is 2.19. The van der Waals surface area contributed by atoms with Crippen LogP contribution in [0.1, 0.15) is 6.92 Å². The Bertz CT molecular complexity index is 171. The number of ether oxygens (including phenoxy) is 1. The number of carbonyl (C=O) groups excluding carboxylic acids is 1. The summed E-state index contributed by atoms with van der Waals surface area (Å²) in [6.07, 6.45) is 6.00. The molecule has 3 nitrogen and oxygen atoms in total. The maximum Gasteiger partial charge on any atom is 0.337 e. The number of carbonyl (C=O) groups is 1. The second kappa shape index (κ2) is 5.53. The van der Waals surface area contributed by atoms with Crippen LogP contribution in [0.25, 0.3) is 0 Å². The molecule has 0 aromatic rings. The lowest BCUT2D eigenvalue weighted by molar-refractivity contribution is -0.132. The third kappa shape index (κ3) is 6.64. The fraction of sp³-hybridized carbons (Fsp3) is 0.375. The summed E-state index contributed by atoms with van der Waals surface area (Å²) in [4.78, 5) is 12.5. The van der Waals surface area contributed by atoms with Gasteiger partial charge < -0.3 is 9.64 Å². The Morgan fingerprint density at radius 1 is 1.45 bits per heavy atom. The molecule has 62 valence electrons. The van der Waals surface area contributed by atoms with Crippen molar-refractivity contribution in [2.75, 3.05) is 14.1 Å². The first kappa shape index (κ1) is 9.75. The van der Waals surface area contributed by atoms with Crippen molar-refractivity contribution in [2.45, 2.75) is 6.92 Å². The summed E-state index contributed by atoms with van der Waals surface area (Å²) in [5.74, 6) is -0.364. The van der Waals surface area contributed by atoms with Gasteiger partial charge in [-0.25, -0.2) is 4.79 Å². The Morgan fingerprint density at radius 2 is 2.09 bits per heavy atom. The average Bonchev–Trinajstić information content (AvgIpc) is 1.97. The summed E-state index contributed by atoms with van der Waals surface area (Å²) in [7, 11) is 3.67. The van der Waals surface area contributed by atoms with Gasteiger partial charge in [-0.3, -0.25) is 0 Å². The molecule has 11 heavy (non-hydrogen) atoms. The highest BCUT2D eigenvalue weighted by atomic mass is 16.5. The van der Waals surface area contributed by atoms with Crippen molar-refractivity contribution < 1.29 is 9.53 Å². The van der Waals surface area contributed by atoms with Crippen LogP contribution in [-0.4, -0.2) is 25.0 Å². The molecule has 0 amide bonds. The molecule has 0 bridgehead atoms. The zero-order valence-electron chi connectivity index (χ0n) is 7.07. The fourth-order valence-corrected chi connectivity index (χ4v) is 0.384. The predicted octanol–water partition coefficient (Wildman–Crippen LogP) is 1.14. The number of allylic oxidation sites excluding steroid dienone is 1. The van der Waals surface area contributed by atoms with E-state index in [1.807, 2.05) is 14.1 Å². The molecular weight excluding hydrogens is 142 g/mol. The van der Waals surface area contributed by atoms with Crippen molar-refractivity contribution in [2.24, 2.45) is 0 Å². The van der Waals surface area contributed by atoms with Gasteiger partial charge in [0.1, 0.15) is 0 Å². The van der Waals surface area contributed by atoms with Gasteiger partial charge in [-0.05, 0) is 6.92 Å². The van der Waals surface area contributed by atoms with E-state index in [1.165, 1.54) is 12.3 Å². The fourth-order valence-electron chi connectivity index (χ4n) is 0.384. The Hall–Kier alpha value is -1.25. The summed E-state index contributed by atoms with van der Waals surface area (Å²) in [5.41, 5.74) is 0. The van der Waals surface area contributed by atoms with Gasteiger partial charge in [-0.2, -0.15) is 0 Å². The van der Waals surface area contributed by atoms with Crippen LogP contribution >= 0.6 is 0 Å². The lowest BCUT2D eigenvalue weighted by Crippen LogP contribution is -2.03. The molecule has 0 aromatic carbocycles. The number of hydrogen-bond acceptors (Lipinski definition) is 3. The average molecular weight is 155 g/mol. The molecule has 0 aliphatic carbocycles. The minimum Gasteiger partial charge on any atom is -0.432 e. The molecule has 0 radical (unpaired) electrons. The van der Waals surface area contributed by atoms with E-state index in [4.69, 9.17) is 0 Å². The maximum atomic E-state index is 10.7. The Labute approximate surface area is 66.9 Å². The van der Waals surface area contributed by atoms with Crippen molar-refractivity contribution in [1.29, 1.82) is 0 Å². The van der Waals surface area contributed by atoms with E-state index in [2.05, 4.69) is 4.74 Å². The molecule has 0 aliphatic heterocycles. The van der Waals surface area contributed by atoms with E-state index in [1.54, 1.807) is 24.1 Å². The van der Waals surface area contributed by atoms with E-state index >= 15 is 0 Å². The van der Waals surface area contributed by atoms with Gasteiger partial charge >= 0.3 is 5.97 Å². The highest BCUT2D eigenvalue weighted by Gasteiger charge is 1.90. The maximum absolute atomic E-state index is 10.7. The van der Waals surface area contributed by atoms with E-state index in [-0.39, 0.29) is 5.97 Å². The number of hydrogen-bond donors (Lipinski definition) is 0. The molecule has 3 heteroatoms. The second-order valence-electron chi connectivity index (χ2n) is 2.19. The molecule has 0 fully saturated rings.